The highest BCUT2D eigenvalue weighted by molar-refractivity contribution is 7.16. The first kappa shape index (κ1) is 15.7. The lowest BCUT2D eigenvalue weighted by Gasteiger charge is -2.44. The van der Waals surface area contributed by atoms with Gasteiger partial charge in [0.05, 0.1) is 4.34 Å². The maximum Gasteiger partial charge on any atom is 0.297 e. The predicted octanol–water partition coefficient (Wildman–Crippen LogP) is 5.96. The molecule has 1 aliphatic carbocycles. The summed E-state index contributed by atoms with van der Waals surface area (Å²) in [5.74, 6) is -1.52. The molecule has 0 bridgehead atoms. The number of fused-ring (bicyclic) bond motifs is 2. The summed E-state index contributed by atoms with van der Waals surface area (Å²) in [6.45, 7) is 3.96. The summed E-state index contributed by atoms with van der Waals surface area (Å²) >= 11 is 7.28. The molecule has 1 fully saturated rings. The third kappa shape index (κ3) is 2.87. The van der Waals surface area contributed by atoms with E-state index in [1.165, 1.54) is 23.8 Å². The normalized spacial score (nSPS) is 31.6. The molecule has 0 unspecified atom stereocenters. The molecule has 3 rings (SSSR count). The van der Waals surface area contributed by atoms with Crippen LogP contribution >= 0.6 is 22.9 Å². The van der Waals surface area contributed by atoms with Crippen molar-refractivity contribution in [3.8, 4) is 0 Å². The second kappa shape index (κ2) is 5.47. The largest absolute Gasteiger partial charge is 0.363 e. The van der Waals surface area contributed by atoms with Crippen molar-refractivity contribution in [2.75, 3.05) is 6.61 Å². The number of halogens is 3. The molecule has 1 saturated carbocycles. The Morgan fingerprint density at radius 3 is 2.67 bits per heavy atom. The van der Waals surface area contributed by atoms with Crippen LogP contribution in [0.15, 0.2) is 6.07 Å². The lowest BCUT2D eigenvalue weighted by atomic mass is 9.73. The maximum atomic E-state index is 14.0. The first-order valence-electron chi connectivity index (χ1n) is 7.64. The van der Waals surface area contributed by atoms with Crippen LogP contribution in [0.3, 0.4) is 0 Å². The molecular formula is C16H21ClF2OS. The van der Waals surface area contributed by atoms with Crippen molar-refractivity contribution in [2.45, 2.75) is 57.5 Å². The van der Waals surface area contributed by atoms with Gasteiger partial charge in [0.2, 0.25) is 0 Å². The van der Waals surface area contributed by atoms with E-state index in [0.717, 1.165) is 25.7 Å². The molecule has 2 heterocycles. The lowest BCUT2D eigenvalue weighted by molar-refractivity contribution is -0.180. The number of alkyl halides is 2. The lowest BCUT2D eigenvalue weighted by Crippen LogP contribution is -2.43. The van der Waals surface area contributed by atoms with Gasteiger partial charge < -0.3 is 4.74 Å². The van der Waals surface area contributed by atoms with Gasteiger partial charge in [0.15, 0.2) is 0 Å². The van der Waals surface area contributed by atoms with Crippen molar-refractivity contribution >= 4 is 22.9 Å². The van der Waals surface area contributed by atoms with Gasteiger partial charge in [-0.3, -0.25) is 0 Å². The molecule has 5 heteroatoms. The predicted molar refractivity (Wildman–Crippen MR) is 82.3 cm³/mol. The maximum absolute atomic E-state index is 14.0. The Morgan fingerprint density at radius 2 is 2.05 bits per heavy atom. The molecule has 0 aromatic carbocycles. The summed E-state index contributed by atoms with van der Waals surface area (Å²) in [6, 6.07) is 1.44. The van der Waals surface area contributed by atoms with Gasteiger partial charge in [-0.1, -0.05) is 25.4 Å². The number of rotatable bonds is 2. The third-order valence-corrected chi connectivity index (χ3v) is 6.21. The molecule has 2 aliphatic rings. The second-order valence-corrected chi connectivity index (χ2v) is 8.54. The highest BCUT2D eigenvalue weighted by Gasteiger charge is 2.51. The van der Waals surface area contributed by atoms with E-state index >= 15 is 0 Å². The van der Waals surface area contributed by atoms with E-state index in [1.807, 2.05) is 0 Å². The monoisotopic (exact) mass is 334 g/mol. The Balaban J connectivity index is 1.84. The Hall–Kier alpha value is -0.190. The van der Waals surface area contributed by atoms with E-state index < -0.39 is 18.1 Å². The molecule has 118 valence electrons. The fourth-order valence-corrected chi connectivity index (χ4v) is 5.24. The Kier molecular flexibility index (Phi) is 4.09. The summed E-state index contributed by atoms with van der Waals surface area (Å²) in [4.78, 5) is 0.673. The number of ether oxygens (including phenoxy) is 1. The van der Waals surface area contributed by atoms with E-state index in [2.05, 4.69) is 13.8 Å². The zero-order chi connectivity index (χ0) is 15.3. The second-order valence-electron chi connectivity index (χ2n) is 6.85. The average molecular weight is 335 g/mol. The Bertz CT molecular complexity index is 518. The quantitative estimate of drug-likeness (QED) is 0.648. The van der Waals surface area contributed by atoms with Crippen LogP contribution in [0.4, 0.5) is 8.78 Å². The fourth-order valence-electron chi connectivity index (χ4n) is 3.76. The molecule has 0 atom stereocenters. The van der Waals surface area contributed by atoms with Crippen LogP contribution in [-0.4, -0.2) is 6.61 Å². The Morgan fingerprint density at radius 1 is 1.38 bits per heavy atom. The van der Waals surface area contributed by atoms with Gasteiger partial charge >= 0.3 is 0 Å². The molecule has 1 aromatic heterocycles. The summed E-state index contributed by atoms with van der Waals surface area (Å²) in [5.41, 5.74) is -0.409. The van der Waals surface area contributed by atoms with Gasteiger partial charge in [0.25, 0.3) is 5.92 Å². The minimum Gasteiger partial charge on any atom is -0.363 e. The van der Waals surface area contributed by atoms with Gasteiger partial charge in [-0.15, -0.1) is 11.3 Å². The summed E-state index contributed by atoms with van der Waals surface area (Å²) < 4.78 is 34.2. The zero-order valence-corrected chi connectivity index (χ0v) is 14.0. The van der Waals surface area contributed by atoms with E-state index in [0.29, 0.717) is 21.0 Å². The molecular weight excluding hydrogens is 314 g/mol. The van der Waals surface area contributed by atoms with Crippen LogP contribution in [0.25, 0.3) is 0 Å². The van der Waals surface area contributed by atoms with E-state index in [9.17, 15) is 8.78 Å². The Labute approximate surface area is 133 Å². The fraction of sp³-hybridized carbons (Fsp3) is 0.750. The van der Waals surface area contributed by atoms with Crippen LogP contribution in [0.5, 0.6) is 0 Å². The van der Waals surface area contributed by atoms with Crippen molar-refractivity contribution in [2.24, 2.45) is 11.8 Å². The molecule has 0 saturated heterocycles. The summed E-state index contributed by atoms with van der Waals surface area (Å²) in [5, 5.41) is 0. The van der Waals surface area contributed by atoms with E-state index in [4.69, 9.17) is 16.3 Å². The number of thiophene rings is 1. The minimum absolute atomic E-state index is 0.103. The first-order chi connectivity index (χ1) is 9.82. The minimum atomic E-state index is -2.90. The highest BCUT2D eigenvalue weighted by Crippen LogP contribution is 2.54. The molecule has 1 aromatic rings. The topological polar surface area (TPSA) is 9.23 Å². The van der Waals surface area contributed by atoms with Gasteiger partial charge in [-0.05, 0) is 50.0 Å². The van der Waals surface area contributed by atoms with E-state index in [1.54, 1.807) is 0 Å². The highest BCUT2D eigenvalue weighted by atomic mass is 35.5. The smallest absolute Gasteiger partial charge is 0.297 e. The van der Waals surface area contributed by atoms with Gasteiger partial charge in [-0.25, -0.2) is 0 Å². The third-order valence-electron chi connectivity index (χ3n) is 4.76. The first-order valence-corrected chi connectivity index (χ1v) is 8.84. The van der Waals surface area contributed by atoms with Crippen LogP contribution in [0.1, 0.15) is 56.4 Å². The van der Waals surface area contributed by atoms with Gasteiger partial charge in [0, 0.05) is 10.4 Å². The van der Waals surface area contributed by atoms with Crippen LogP contribution < -0.4 is 0 Å². The van der Waals surface area contributed by atoms with E-state index in [-0.39, 0.29) is 5.56 Å². The molecule has 0 N–H and O–H groups in total. The molecule has 1 nitrogen and oxygen atoms in total. The SMILES string of the molecule is CC(C)CC1CCC2(CC1)OCC(F)(F)c1cc(Cl)sc12. The van der Waals surface area contributed by atoms with Gasteiger partial charge in [0.1, 0.15) is 12.2 Å². The molecule has 1 aliphatic heterocycles. The van der Waals surface area contributed by atoms with Crippen molar-refractivity contribution in [3.63, 3.8) is 0 Å². The molecule has 1 spiro atoms. The molecule has 0 radical (unpaired) electrons. The standard InChI is InChI=1S/C16H21ClF2OS/c1-10(2)7-11-3-5-15(6-4-11)14-12(8-13(17)21-14)16(18,19)9-20-15/h8,10-11H,3-7,9H2,1-2H3. The molecule has 0 amide bonds. The van der Waals surface area contributed by atoms with Crippen LogP contribution in [0, 0.1) is 11.8 Å². The van der Waals surface area contributed by atoms with Crippen molar-refractivity contribution in [1.29, 1.82) is 0 Å². The van der Waals surface area contributed by atoms with Crippen molar-refractivity contribution < 1.29 is 13.5 Å². The molecule has 21 heavy (non-hydrogen) atoms. The number of hydrogen-bond acceptors (Lipinski definition) is 2. The van der Waals surface area contributed by atoms with Crippen molar-refractivity contribution in [1.82, 2.24) is 0 Å². The summed E-state index contributed by atoms with van der Waals surface area (Å²) in [6.07, 6.45) is 5.00. The number of hydrogen-bond donors (Lipinski definition) is 0. The van der Waals surface area contributed by atoms with Crippen LogP contribution in [0.2, 0.25) is 4.34 Å². The van der Waals surface area contributed by atoms with Gasteiger partial charge in [-0.2, -0.15) is 8.78 Å². The zero-order valence-electron chi connectivity index (χ0n) is 12.4. The summed E-state index contributed by atoms with van der Waals surface area (Å²) in [7, 11) is 0. The average Bonchev–Trinajstić information content (AvgIpc) is 2.81. The van der Waals surface area contributed by atoms with Crippen molar-refractivity contribution in [3.05, 3.63) is 20.8 Å². The van der Waals surface area contributed by atoms with Crippen LogP contribution in [-0.2, 0) is 16.3 Å².